The summed E-state index contributed by atoms with van der Waals surface area (Å²) in [6.45, 7) is 0. The Hall–Kier alpha value is -2.51. The van der Waals surface area contributed by atoms with Gasteiger partial charge in [0, 0.05) is 16.6 Å². The van der Waals surface area contributed by atoms with Crippen molar-refractivity contribution in [1.29, 1.82) is 0 Å². The van der Waals surface area contributed by atoms with Gasteiger partial charge in [0.1, 0.15) is 0 Å². The van der Waals surface area contributed by atoms with Crippen LogP contribution in [0.4, 0.5) is 5.69 Å². The molecule has 0 aliphatic carbocycles. The minimum atomic E-state index is -0.650. The maximum Gasteiger partial charge on any atom is 0.363 e. The number of carbonyl (C=O) groups excluding carboxylic acids is 1. The van der Waals surface area contributed by atoms with E-state index in [0.29, 0.717) is 0 Å². The Labute approximate surface area is 149 Å². The first kappa shape index (κ1) is 16.4. The number of cyclic esters (lactones) is 1. The zero-order valence-electron chi connectivity index (χ0n) is 11.9. The second-order valence-electron chi connectivity index (χ2n) is 4.78. The average Bonchev–Trinajstić information content (AvgIpc) is 2.90. The van der Waals surface area contributed by atoms with Gasteiger partial charge in [-0.05, 0) is 23.8 Å². The third-order valence-electron chi connectivity index (χ3n) is 3.21. The van der Waals surface area contributed by atoms with E-state index < -0.39 is 10.9 Å². The van der Waals surface area contributed by atoms with Crippen LogP contribution in [0, 0.1) is 10.1 Å². The third kappa shape index (κ3) is 3.22. The summed E-state index contributed by atoms with van der Waals surface area (Å²) in [5, 5.41) is 11.1. The molecular formula is C16H8BrClN2O4. The van der Waals surface area contributed by atoms with Crippen LogP contribution in [0.3, 0.4) is 0 Å². The van der Waals surface area contributed by atoms with Crippen LogP contribution >= 0.6 is 27.5 Å². The van der Waals surface area contributed by atoms with Crippen LogP contribution in [0.2, 0.25) is 5.02 Å². The molecule has 0 spiro atoms. The molecule has 0 unspecified atom stereocenters. The van der Waals surface area contributed by atoms with Crippen molar-refractivity contribution in [1.82, 2.24) is 0 Å². The number of non-ortho nitro benzene ring substituents is 1. The number of esters is 1. The van der Waals surface area contributed by atoms with E-state index in [1.807, 2.05) is 18.2 Å². The molecule has 120 valence electrons. The highest BCUT2D eigenvalue weighted by atomic mass is 79.9. The van der Waals surface area contributed by atoms with Gasteiger partial charge in [0.25, 0.3) is 5.69 Å². The second-order valence-corrected chi connectivity index (χ2v) is 6.04. The molecule has 0 bridgehead atoms. The fourth-order valence-electron chi connectivity index (χ4n) is 2.05. The number of ether oxygens (including phenoxy) is 1. The lowest BCUT2D eigenvalue weighted by molar-refractivity contribution is -0.384. The predicted octanol–water partition coefficient (Wildman–Crippen LogP) is 4.36. The molecule has 2 aromatic rings. The standard InChI is InChI=1S/C16H8BrClN2O4/c17-12-4-2-1-3-9(12)7-14-16(21)24-15(19-14)11-8-10(20(22)23)5-6-13(11)18/h1-8H/b14-7+. The molecule has 0 saturated carbocycles. The minimum absolute atomic E-state index is 0.0630. The molecule has 8 heteroatoms. The quantitative estimate of drug-likeness (QED) is 0.328. The van der Waals surface area contributed by atoms with Gasteiger partial charge in [0.15, 0.2) is 5.70 Å². The zero-order chi connectivity index (χ0) is 17.3. The summed E-state index contributed by atoms with van der Waals surface area (Å²) < 4.78 is 5.90. The van der Waals surface area contributed by atoms with Gasteiger partial charge in [-0.2, -0.15) is 0 Å². The van der Waals surface area contributed by atoms with Gasteiger partial charge in [-0.15, -0.1) is 0 Å². The number of hydrogen-bond acceptors (Lipinski definition) is 5. The monoisotopic (exact) mass is 406 g/mol. The Morgan fingerprint density at radius 3 is 2.71 bits per heavy atom. The second kappa shape index (κ2) is 6.54. The summed E-state index contributed by atoms with van der Waals surface area (Å²) >= 11 is 9.42. The van der Waals surface area contributed by atoms with Crippen molar-refractivity contribution < 1.29 is 14.5 Å². The van der Waals surface area contributed by atoms with Crippen molar-refractivity contribution in [3.8, 4) is 0 Å². The molecule has 6 nitrogen and oxygen atoms in total. The minimum Gasteiger partial charge on any atom is -0.402 e. The fourth-order valence-corrected chi connectivity index (χ4v) is 2.65. The first-order chi connectivity index (χ1) is 11.5. The van der Waals surface area contributed by atoms with Gasteiger partial charge >= 0.3 is 5.97 Å². The van der Waals surface area contributed by atoms with Crippen molar-refractivity contribution in [2.45, 2.75) is 0 Å². The largest absolute Gasteiger partial charge is 0.402 e. The number of hydrogen-bond donors (Lipinski definition) is 0. The predicted molar refractivity (Wildman–Crippen MR) is 92.9 cm³/mol. The van der Waals surface area contributed by atoms with E-state index in [-0.39, 0.29) is 27.9 Å². The number of halogens is 2. The molecule has 0 aromatic heterocycles. The number of benzene rings is 2. The molecule has 0 N–H and O–H groups in total. The first-order valence-electron chi connectivity index (χ1n) is 6.67. The molecular weight excluding hydrogens is 400 g/mol. The van der Waals surface area contributed by atoms with E-state index in [0.717, 1.165) is 10.0 Å². The molecule has 3 rings (SSSR count). The van der Waals surface area contributed by atoms with Gasteiger partial charge < -0.3 is 4.74 Å². The summed E-state index contributed by atoms with van der Waals surface area (Å²) in [5.41, 5.74) is 0.852. The van der Waals surface area contributed by atoms with Crippen molar-refractivity contribution in [2.24, 2.45) is 4.99 Å². The summed E-state index contributed by atoms with van der Waals surface area (Å²) in [7, 11) is 0. The normalized spacial score (nSPS) is 15.3. The number of nitro benzene ring substituents is 1. The van der Waals surface area contributed by atoms with Gasteiger partial charge in [-0.25, -0.2) is 9.79 Å². The SMILES string of the molecule is O=C1OC(c2cc([N+](=O)[O-])ccc2Cl)=N/C1=C/c1ccccc1Br. The summed E-state index contributed by atoms with van der Waals surface area (Å²) in [5.74, 6) is -0.713. The maximum absolute atomic E-state index is 12.0. The Morgan fingerprint density at radius 2 is 2.00 bits per heavy atom. The molecule has 0 saturated heterocycles. The Balaban J connectivity index is 2.03. The average molecular weight is 408 g/mol. The number of nitrogens with zero attached hydrogens (tertiary/aromatic N) is 2. The van der Waals surface area contributed by atoms with E-state index in [4.69, 9.17) is 16.3 Å². The highest BCUT2D eigenvalue weighted by Crippen LogP contribution is 2.28. The topological polar surface area (TPSA) is 81.8 Å². The summed E-state index contributed by atoms with van der Waals surface area (Å²) in [6.07, 6.45) is 1.56. The van der Waals surface area contributed by atoms with Crippen LogP contribution in [0.15, 0.2) is 57.6 Å². The number of carbonyl (C=O) groups is 1. The maximum atomic E-state index is 12.0. The van der Waals surface area contributed by atoms with Crippen LogP contribution in [-0.2, 0) is 9.53 Å². The van der Waals surface area contributed by atoms with Crippen LogP contribution in [0.25, 0.3) is 6.08 Å². The highest BCUT2D eigenvalue weighted by Gasteiger charge is 2.27. The number of rotatable bonds is 3. The molecule has 1 aliphatic heterocycles. The van der Waals surface area contributed by atoms with E-state index >= 15 is 0 Å². The van der Waals surface area contributed by atoms with Crippen molar-refractivity contribution in [3.63, 3.8) is 0 Å². The van der Waals surface area contributed by atoms with Gasteiger partial charge in [0.05, 0.1) is 15.5 Å². The van der Waals surface area contributed by atoms with Crippen molar-refractivity contribution >= 4 is 51.2 Å². The Kier molecular flexibility index (Phi) is 4.46. The lowest BCUT2D eigenvalue weighted by atomic mass is 10.2. The van der Waals surface area contributed by atoms with E-state index in [9.17, 15) is 14.9 Å². The van der Waals surface area contributed by atoms with Crippen LogP contribution in [-0.4, -0.2) is 16.8 Å². The van der Waals surface area contributed by atoms with Crippen molar-refractivity contribution in [3.05, 3.63) is 78.9 Å². The van der Waals surface area contributed by atoms with E-state index in [1.165, 1.54) is 18.2 Å². The fraction of sp³-hybridized carbons (Fsp3) is 0. The zero-order valence-corrected chi connectivity index (χ0v) is 14.2. The highest BCUT2D eigenvalue weighted by molar-refractivity contribution is 9.10. The molecule has 0 atom stereocenters. The van der Waals surface area contributed by atoms with Crippen LogP contribution in [0.5, 0.6) is 0 Å². The lowest BCUT2D eigenvalue weighted by Crippen LogP contribution is -2.06. The number of aliphatic imine (C=N–C) groups is 1. The molecule has 0 amide bonds. The lowest BCUT2D eigenvalue weighted by Gasteiger charge is -2.02. The van der Waals surface area contributed by atoms with Gasteiger partial charge in [-0.1, -0.05) is 45.7 Å². The van der Waals surface area contributed by atoms with Gasteiger partial charge in [0.2, 0.25) is 5.90 Å². The van der Waals surface area contributed by atoms with Crippen LogP contribution in [0.1, 0.15) is 11.1 Å². The van der Waals surface area contributed by atoms with Crippen LogP contribution < -0.4 is 0 Å². The molecule has 1 heterocycles. The molecule has 24 heavy (non-hydrogen) atoms. The Bertz CT molecular complexity index is 924. The number of nitro groups is 1. The molecule has 0 radical (unpaired) electrons. The van der Waals surface area contributed by atoms with E-state index in [2.05, 4.69) is 20.9 Å². The molecule has 2 aromatic carbocycles. The third-order valence-corrected chi connectivity index (χ3v) is 4.26. The summed E-state index contributed by atoms with van der Waals surface area (Å²) in [6, 6.07) is 11.1. The van der Waals surface area contributed by atoms with Gasteiger partial charge in [-0.3, -0.25) is 10.1 Å². The summed E-state index contributed by atoms with van der Waals surface area (Å²) in [4.78, 5) is 26.4. The first-order valence-corrected chi connectivity index (χ1v) is 7.84. The van der Waals surface area contributed by atoms with Crippen molar-refractivity contribution in [2.75, 3.05) is 0 Å². The van der Waals surface area contributed by atoms with E-state index in [1.54, 1.807) is 12.1 Å². The smallest absolute Gasteiger partial charge is 0.363 e. The molecule has 0 fully saturated rings. The Morgan fingerprint density at radius 1 is 1.25 bits per heavy atom. The molecule has 1 aliphatic rings.